The highest BCUT2D eigenvalue weighted by Gasteiger charge is 2.23. The monoisotopic (exact) mass is 256 g/mol. The minimum atomic E-state index is -3.56. The molecule has 0 amide bonds. The number of nitrogen functional groups attached to an aromatic ring is 1. The zero-order chi connectivity index (χ0) is 12.5. The van der Waals surface area contributed by atoms with E-state index in [-0.39, 0.29) is 0 Å². The summed E-state index contributed by atoms with van der Waals surface area (Å²) in [5.41, 5.74) is 7.43. The largest absolute Gasteiger partial charge is 0.399 e. The highest BCUT2D eigenvalue weighted by atomic mass is 32.2. The fourth-order valence-electron chi connectivity index (χ4n) is 1.92. The van der Waals surface area contributed by atoms with Crippen molar-refractivity contribution in [3.63, 3.8) is 0 Å². The minimum Gasteiger partial charge on any atom is -0.399 e. The molecular formula is C10H16N4O2S. The highest BCUT2D eigenvalue weighted by molar-refractivity contribution is 7.86. The Balaban J connectivity index is 2.05. The van der Waals surface area contributed by atoms with Crippen LogP contribution in [0.4, 0.5) is 11.4 Å². The normalized spacial score (nSPS) is 18.3. The van der Waals surface area contributed by atoms with Gasteiger partial charge < -0.3 is 10.6 Å². The maximum atomic E-state index is 11.1. The van der Waals surface area contributed by atoms with Crippen molar-refractivity contribution in [2.24, 2.45) is 5.14 Å². The summed E-state index contributed by atoms with van der Waals surface area (Å²) in [5.74, 6) is 0. The third-order valence-electron chi connectivity index (χ3n) is 2.83. The van der Waals surface area contributed by atoms with Crippen molar-refractivity contribution >= 4 is 21.6 Å². The lowest BCUT2D eigenvalue weighted by Crippen LogP contribution is -2.50. The van der Waals surface area contributed by atoms with Crippen molar-refractivity contribution in [1.82, 2.24) is 4.31 Å². The summed E-state index contributed by atoms with van der Waals surface area (Å²) in [6, 6.07) is 7.55. The number of piperazine rings is 1. The van der Waals surface area contributed by atoms with E-state index in [2.05, 4.69) is 4.90 Å². The van der Waals surface area contributed by atoms with Gasteiger partial charge in [0.05, 0.1) is 0 Å². The molecule has 1 fully saturated rings. The van der Waals surface area contributed by atoms with E-state index < -0.39 is 10.2 Å². The van der Waals surface area contributed by atoms with Crippen LogP contribution >= 0.6 is 0 Å². The first-order chi connectivity index (χ1) is 7.97. The number of anilines is 2. The molecule has 0 spiro atoms. The molecule has 2 rings (SSSR count). The van der Waals surface area contributed by atoms with Crippen molar-refractivity contribution < 1.29 is 8.42 Å². The molecular weight excluding hydrogens is 240 g/mol. The molecule has 1 aromatic carbocycles. The summed E-state index contributed by atoms with van der Waals surface area (Å²) < 4.78 is 23.6. The predicted octanol–water partition coefficient (Wildman–Crippen LogP) is -0.406. The Bertz CT molecular complexity index is 495. The van der Waals surface area contributed by atoms with Crippen LogP contribution in [0.2, 0.25) is 0 Å². The fourth-order valence-corrected chi connectivity index (χ4v) is 2.59. The predicted molar refractivity (Wildman–Crippen MR) is 67.7 cm³/mol. The van der Waals surface area contributed by atoms with Gasteiger partial charge in [-0.25, -0.2) is 5.14 Å². The van der Waals surface area contributed by atoms with Gasteiger partial charge in [-0.15, -0.1) is 0 Å². The molecule has 1 aromatic rings. The van der Waals surface area contributed by atoms with Gasteiger partial charge in [0.15, 0.2) is 0 Å². The second-order valence-corrected chi connectivity index (χ2v) is 5.57. The zero-order valence-electron chi connectivity index (χ0n) is 9.41. The number of nitrogens with two attached hydrogens (primary N) is 2. The van der Waals surface area contributed by atoms with Gasteiger partial charge in [-0.3, -0.25) is 0 Å². The van der Waals surface area contributed by atoms with Gasteiger partial charge in [-0.05, 0) is 18.2 Å². The molecule has 1 heterocycles. The second kappa shape index (κ2) is 4.52. The molecule has 1 aliphatic heterocycles. The van der Waals surface area contributed by atoms with E-state index in [1.807, 2.05) is 24.3 Å². The van der Waals surface area contributed by atoms with Crippen molar-refractivity contribution in [3.8, 4) is 0 Å². The topological polar surface area (TPSA) is 92.7 Å². The Hall–Kier alpha value is -1.31. The zero-order valence-corrected chi connectivity index (χ0v) is 10.2. The van der Waals surface area contributed by atoms with E-state index in [1.54, 1.807) is 0 Å². The lowest BCUT2D eigenvalue weighted by atomic mass is 10.2. The van der Waals surface area contributed by atoms with E-state index in [9.17, 15) is 8.42 Å². The van der Waals surface area contributed by atoms with E-state index in [4.69, 9.17) is 10.9 Å². The standard InChI is InChI=1S/C10H16N4O2S/c11-9-2-1-3-10(8-9)13-4-6-14(7-5-13)17(12,15)16/h1-3,8H,4-7,11H2,(H2,12,15,16). The van der Waals surface area contributed by atoms with Crippen molar-refractivity contribution in [2.45, 2.75) is 0 Å². The Labute approximate surface area is 101 Å². The van der Waals surface area contributed by atoms with Crippen LogP contribution in [0.25, 0.3) is 0 Å². The van der Waals surface area contributed by atoms with Crippen LogP contribution in [0.5, 0.6) is 0 Å². The van der Waals surface area contributed by atoms with E-state index in [0.717, 1.165) is 5.69 Å². The second-order valence-electron chi connectivity index (χ2n) is 4.03. The molecule has 0 saturated carbocycles. The number of nitrogens with zero attached hydrogens (tertiary/aromatic N) is 2. The maximum absolute atomic E-state index is 11.1. The fraction of sp³-hybridized carbons (Fsp3) is 0.400. The van der Waals surface area contributed by atoms with Gasteiger partial charge in [0.1, 0.15) is 0 Å². The Kier molecular flexibility index (Phi) is 3.23. The molecule has 0 bridgehead atoms. The Morgan fingerprint density at radius 3 is 2.29 bits per heavy atom. The number of hydrogen-bond donors (Lipinski definition) is 2. The molecule has 94 valence electrons. The minimum absolute atomic E-state index is 0.410. The molecule has 1 saturated heterocycles. The van der Waals surface area contributed by atoms with Gasteiger partial charge in [-0.1, -0.05) is 6.07 Å². The quantitative estimate of drug-likeness (QED) is 0.704. The van der Waals surface area contributed by atoms with Crippen LogP contribution in [0.15, 0.2) is 24.3 Å². The van der Waals surface area contributed by atoms with Crippen LogP contribution in [-0.4, -0.2) is 38.9 Å². The van der Waals surface area contributed by atoms with Gasteiger partial charge >= 0.3 is 0 Å². The molecule has 0 unspecified atom stereocenters. The van der Waals surface area contributed by atoms with Crippen molar-refractivity contribution in [2.75, 3.05) is 36.8 Å². The highest BCUT2D eigenvalue weighted by Crippen LogP contribution is 2.19. The molecule has 4 N–H and O–H groups in total. The molecule has 1 aliphatic rings. The Morgan fingerprint density at radius 1 is 1.12 bits per heavy atom. The number of rotatable bonds is 2. The summed E-state index contributed by atoms with van der Waals surface area (Å²) in [7, 11) is -3.56. The number of hydrogen-bond acceptors (Lipinski definition) is 4. The van der Waals surface area contributed by atoms with Crippen LogP contribution in [0, 0.1) is 0 Å². The molecule has 0 aliphatic carbocycles. The van der Waals surface area contributed by atoms with E-state index in [1.165, 1.54) is 4.31 Å². The molecule has 0 aromatic heterocycles. The molecule has 0 radical (unpaired) electrons. The van der Waals surface area contributed by atoms with Crippen LogP contribution in [-0.2, 0) is 10.2 Å². The van der Waals surface area contributed by atoms with Crippen molar-refractivity contribution in [1.29, 1.82) is 0 Å². The number of benzene rings is 1. The Morgan fingerprint density at radius 2 is 1.76 bits per heavy atom. The summed E-state index contributed by atoms with van der Waals surface area (Å²) in [6.07, 6.45) is 0. The van der Waals surface area contributed by atoms with Gasteiger partial charge in [0, 0.05) is 37.6 Å². The SMILES string of the molecule is Nc1cccc(N2CCN(S(N)(=O)=O)CC2)c1. The summed E-state index contributed by atoms with van der Waals surface area (Å²) in [6.45, 7) is 2.07. The van der Waals surface area contributed by atoms with Gasteiger partial charge in [-0.2, -0.15) is 12.7 Å². The smallest absolute Gasteiger partial charge is 0.277 e. The lowest BCUT2D eigenvalue weighted by molar-refractivity contribution is 0.385. The molecule has 0 atom stereocenters. The summed E-state index contributed by atoms with van der Waals surface area (Å²) >= 11 is 0. The van der Waals surface area contributed by atoms with E-state index >= 15 is 0 Å². The van der Waals surface area contributed by atoms with Gasteiger partial charge in [0.2, 0.25) is 0 Å². The van der Waals surface area contributed by atoms with Crippen LogP contribution < -0.4 is 15.8 Å². The molecule has 17 heavy (non-hydrogen) atoms. The first kappa shape index (κ1) is 12.2. The first-order valence-electron chi connectivity index (χ1n) is 5.35. The first-order valence-corrected chi connectivity index (χ1v) is 6.85. The van der Waals surface area contributed by atoms with Crippen molar-refractivity contribution in [3.05, 3.63) is 24.3 Å². The van der Waals surface area contributed by atoms with Crippen LogP contribution in [0.1, 0.15) is 0 Å². The molecule has 7 heteroatoms. The van der Waals surface area contributed by atoms with E-state index in [0.29, 0.717) is 31.9 Å². The third-order valence-corrected chi connectivity index (χ3v) is 3.92. The lowest BCUT2D eigenvalue weighted by Gasteiger charge is -2.34. The third kappa shape index (κ3) is 2.87. The molecule has 6 nitrogen and oxygen atoms in total. The van der Waals surface area contributed by atoms with Crippen LogP contribution in [0.3, 0.4) is 0 Å². The maximum Gasteiger partial charge on any atom is 0.277 e. The summed E-state index contributed by atoms with van der Waals surface area (Å²) in [5, 5.41) is 5.08. The summed E-state index contributed by atoms with van der Waals surface area (Å²) in [4.78, 5) is 2.10. The average molecular weight is 256 g/mol. The van der Waals surface area contributed by atoms with Gasteiger partial charge in [0.25, 0.3) is 10.2 Å². The average Bonchev–Trinajstić information content (AvgIpc) is 2.28.